The maximum atomic E-state index is 12.3. The molecule has 1 aliphatic rings. The van der Waals surface area contributed by atoms with E-state index >= 15 is 0 Å². The molecule has 1 fully saturated rings. The van der Waals surface area contributed by atoms with E-state index in [9.17, 15) is 18.6 Å². The summed E-state index contributed by atoms with van der Waals surface area (Å²) in [6.45, 7) is -0.384. The Kier molecular flexibility index (Phi) is 3.97. The van der Waals surface area contributed by atoms with E-state index in [1.165, 1.54) is 12.1 Å². The average molecular weight is 327 g/mol. The van der Waals surface area contributed by atoms with Crippen molar-refractivity contribution in [2.75, 3.05) is 18.8 Å². The van der Waals surface area contributed by atoms with Gasteiger partial charge < -0.3 is 15.9 Å². The first-order chi connectivity index (χ1) is 8.75. The normalized spacial score (nSPS) is 24.8. The zero-order chi connectivity index (χ0) is 14.4. The van der Waals surface area contributed by atoms with Gasteiger partial charge in [-0.15, -0.1) is 0 Å². The molecule has 0 aromatic heterocycles. The third kappa shape index (κ3) is 2.54. The number of β-amino-alcohol motifs (C(OH)–C–C–N with tert-alkyl or cyclic N) is 2. The van der Waals surface area contributed by atoms with Gasteiger partial charge in [0.1, 0.15) is 4.90 Å². The summed E-state index contributed by atoms with van der Waals surface area (Å²) in [5.41, 5.74) is 5.56. The summed E-state index contributed by atoms with van der Waals surface area (Å²) in [5, 5.41) is 18.8. The fourth-order valence-electron chi connectivity index (χ4n) is 1.82. The van der Waals surface area contributed by atoms with E-state index in [-0.39, 0.29) is 33.7 Å². The number of aliphatic hydroxyl groups is 2. The molecule has 1 aromatic rings. The van der Waals surface area contributed by atoms with Crippen LogP contribution >= 0.6 is 23.2 Å². The number of nitrogen functional groups attached to an aromatic ring is 1. The second kappa shape index (κ2) is 5.08. The molecule has 0 unspecified atom stereocenters. The number of hydrogen-bond acceptors (Lipinski definition) is 5. The molecule has 2 rings (SSSR count). The van der Waals surface area contributed by atoms with Gasteiger partial charge in [0.2, 0.25) is 10.0 Å². The second-order valence-corrected chi connectivity index (χ2v) is 6.92. The molecule has 2 atom stereocenters. The molecule has 1 aromatic carbocycles. The lowest BCUT2D eigenvalue weighted by atomic mass is 10.3. The summed E-state index contributed by atoms with van der Waals surface area (Å²) < 4.78 is 25.6. The molecule has 0 bridgehead atoms. The van der Waals surface area contributed by atoms with Gasteiger partial charge in [0.25, 0.3) is 0 Å². The number of anilines is 1. The van der Waals surface area contributed by atoms with Crippen molar-refractivity contribution in [2.45, 2.75) is 17.1 Å². The van der Waals surface area contributed by atoms with Crippen LogP contribution in [0.5, 0.6) is 0 Å². The number of halogens is 2. The Labute approximate surface area is 120 Å². The highest BCUT2D eigenvalue weighted by atomic mass is 35.5. The summed E-state index contributed by atoms with van der Waals surface area (Å²) in [6.07, 6.45) is -2.23. The zero-order valence-corrected chi connectivity index (χ0v) is 12.0. The topological polar surface area (TPSA) is 104 Å². The first-order valence-corrected chi connectivity index (χ1v) is 7.54. The zero-order valence-electron chi connectivity index (χ0n) is 9.62. The molecule has 0 spiro atoms. The smallest absolute Gasteiger partial charge is 0.244 e. The highest BCUT2D eigenvalue weighted by Gasteiger charge is 2.38. The lowest BCUT2D eigenvalue weighted by Crippen LogP contribution is -2.30. The summed E-state index contributed by atoms with van der Waals surface area (Å²) >= 11 is 11.6. The van der Waals surface area contributed by atoms with Crippen LogP contribution in [0.15, 0.2) is 17.0 Å². The SMILES string of the molecule is Nc1c(Cl)ccc(S(=O)(=O)N2C[C@@H](O)[C@@H](O)C2)c1Cl. The van der Waals surface area contributed by atoms with E-state index in [4.69, 9.17) is 28.9 Å². The number of benzene rings is 1. The molecular formula is C10H12Cl2N2O4S. The van der Waals surface area contributed by atoms with E-state index in [0.29, 0.717) is 0 Å². The van der Waals surface area contributed by atoms with E-state index in [1.807, 2.05) is 0 Å². The van der Waals surface area contributed by atoms with Crippen LogP contribution in [0.3, 0.4) is 0 Å². The second-order valence-electron chi connectivity index (χ2n) is 4.23. The first-order valence-electron chi connectivity index (χ1n) is 5.35. The molecule has 1 saturated heterocycles. The van der Waals surface area contributed by atoms with Crippen LogP contribution < -0.4 is 5.73 Å². The highest BCUT2D eigenvalue weighted by molar-refractivity contribution is 7.89. The number of hydrogen-bond donors (Lipinski definition) is 3. The quantitative estimate of drug-likeness (QED) is 0.678. The van der Waals surface area contributed by atoms with Crippen LogP contribution in [-0.2, 0) is 10.0 Å². The molecule has 4 N–H and O–H groups in total. The maximum Gasteiger partial charge on any atom is 0.244 e. The molecule has 0 radical (unpaired) electrons. The van der Waals surface area contributed by atoms with Gasteiger partial charge in [-0.1, -0.05) is 23.2 Å². The minimum absolute atomic E-state index is 0.0234. The number of nitrogens with zero attached hydrogens (tertiary/aromatic N) is 1. The summed E-state index contributed by atoms with van der Waals surface area (Å²) in [4.78, 5) is -0.197. The Hall–Kier alpha value is -0.570. The Morgan fingerprint density at radius 2 is 1.74 bits per heavy atom. The van der Waals surface area contributed by atoms with Gasteiger partial charge in [-0.2, -0.15) is 4.31 Å². The minimum atomic E-state index is -3.93. The van der Waals surface area contributed by atoms with Gasteiger partial charge in [-0.3, -0.25) is 0 Å². The predicted molar refractivity (Wildman–Crippen MR) is 71.6 cm³/mol. The number of aliphatic hydroxyl groups excluding tert-OH is 2. The maximum absolute atomic E-state index is 12.3. The molecule has 106 valence electrons. The molecule has 1 aliphatic heterocycles. The Morgan fingerprint density at radius 3 is 2.26 bits per heavy atom. The molecule has 0 aliphatic carbocycles. The number of rotatable bonds is 2. The van der Waals surface area contributed by atoms with E-state index in [0.717, 1.165) is 4.31 Å². The van der Waals surface area contributed by atoms with Gasteiger partial charge in [0.05, 0.1) is 27.9 Å². The highest BCUT2D eigenvalue weighted by Crippen LogP contribution is 2.35. The molecular weight excluding hydrogens is 315 g/mol. The fourth-order valence-corrected chi connectivity index (χ4v) is 4.03. The van der Waals surface area contributed by atoms with E-state index in [1.54, 1.807) is 0 Å². The van der Waals surface area contributed by atoms with Crippen molar-refractivity contribution in [3.8, 4) is 0 Å². The number of sulfonamides is 1. The van der Waals surface area contributed by atoms with Crippen LogP contribution in [0.25, 0.3) is 0 Å². The van der Waals surface area contributed by atoms with Crippen molar-refractivity contribution in [3.63, 3.8) is 0 Å². The van der Waals surface area contributed by atoms with Crippen molar-refractivity contribution < 1.29 is 18.6 Å². The fraction of sp³-hybridized carbons (Fsp3) is 0.400. The van der Waals surface area contributed by atoms with Gasteiger partial charge in [0.15, 0.2) is 0 Å². The molecule has 19 heavy (non-hydrogen) atoms. The van der Waals surface area contributed by atoms with Crippen LogP contribution in [0.1, 0.15) is 0 Å². The van der Waals surface area contributed by atoms with Crippen LogP contribution in [0, 0.1) is 0 Å². The molecule has 9 heteroatoms. The molecule has 0 saturated carbocycles. The Morgan fingerprint density at radius 1 is 1.21 bits per heavy atom. The first kappa shape index (κ1) is 14.8. The van der Waals surface area contributed by atoms with Crippen molar-refractivity contribution in [1.29, 1.82) is 0 Å². The molecule has 6 nitrogen and oxygen atoms in total. The third-order valence-corrected chi connectivity index (χ3v) is 5.66. The average Bonchev–Trinajstić information content (AvgIpc) is 2.67. The minimum Gasteiger partial charge on any atom is -0.396 e. The van der Waals surface area contributed by atoms with Crippen LogP contribution in [0.2, 0.25) is 10.0 Å². The van der Waals surface area contributed by atoms with Crippen molar-refractivity contribution in [1.82, 2.24) is 4.31 Å². The predicted octanol–water partition coefficient (Wildman–Crippen LogP) is 0.302. The van der Waals surface area contributed by atoms with Gasteiger partial charge in [0, 0.05) is 13.1 Å². The van der Waals surface area contributed by atoms with Crippen LogP contribution in [-0.4, -0.2) is 48.2 Å². The monoisotopic (exact) mass is 326 g/mol. The van der Waals surface area contributed by atoms with E-state index in [2.05, 4.69) is 0 Å². The third-order valence-electron chi connectivity index (χ3n) is 2.93. The van der Waals surface area contributed by atoms with Crippen molar-refractivity contribution >= 4 is 38.9 Å². The standard InChI is InChI=1S/C10H12Cl2N2O4S/c11-5-1-2-8(9(12)10(5)13)19(17,18)14-3-6(15)7(16)4-14/h1-2,6-7,15-16H,3-4,13H2/t6-,7+. The lowest BCUT2D eigenvalue weighted by Gasteiger charge is -2.17. The van der Waals surface area contributed by atoms with Crippen molar-refractivity contribution in [2.24, 2.45) is 0 Å². The largest absolute Gasteiger partial charge is 0.396 e. The summed E-state index contributed by atoms with van der Waals surface area (Å²) in [7, 11) is -3.93. The molecule has 0 amide bonds. The van der Waals surface area contributed by atoms with Gasteiger partial charge in [-0.25, -0.2) is 8.42 Å². The van der Waals surface area contributed by atoms with E-state index < -0.39 is 22.2 Å². The number of nitrogens with two attached hydrogens (primary N) is 1. The Bertz CT molecular complexity index is 598. The summed E-state index contributed by atoms with van der Waals surface area (Å²) in [6, 6.07) is 2.58. The van der Waals surface area contributed by atoms with Crippen molar-refractivity contribution in [3.05, 3.63) is 22.2 Å². The lowest BCUT2D eigenvalue weighted by molar-refractivity contribution is 0.0572. The molecule has 1 heterocycles. The summed E-state index contributed by atoms with van der Waals surface area (Å²) in [5.74, 6) is 0. The van der Waals surface area contributed by atoms with Gasteiger partial charge in [-0.05, 0) is 12.1 Å². The van der Waals surface area contributed by atoms with Gasteiger partial charge >= 0.3 is 0 Å². The van der Waals surface area contributed by atoms with Crippen LogP contribution in [0.4, 0.5) is 5.69 Å². The Balaban J connectivity index is 2.44.